The van der Waals surface area contributed by atoms with E-state index >= 15 is 0 Å². The number of halogens is 2. The van der Waals surface area contributed by atoms with Gasteiger partial charge in [0.15, 0.2) is 0 Å². The van der Waals surface area contributed by atoms with Crippen molar-refractivity contribution in [2.75, 3.05) is 26.2 Å². The van der Waals surface area contributed by atoms with Gasteiger partial charge >= 0.3 is 0 Å². The SMILES string of the molecule is Cc1ccc(C(=O)N2CC[C@@H]3CCCC[C@H]3C2)c(C2CCN(C(=O)c3c(F)cccc3F)CC2)n1. The Morgan fingerprint density at radius 2 is 1.49 bits per heavy atom. The Labute approximate surface area is 205 Å². The molecular formula is C28H33F2N3O2. The molecule has 1 aliphatic carbocycles. The zero-order valence-electron chi connectivity index (χ0n) is 20.3. The molecule has 2 saturated heterocycles. The molecule has 2 amide bonds. The predicted octanol–water partition coefficient (Wildman–Crippen LogP) is 5.34. The second kappa shape index (κ2) is 10.0. The van der Waals surface area contributed by atoms with Crippen LogP contribution in [-0.2, 0) is 0 Å². The monoisotopic (exact) mass is 481 g/mol. The zero-order chi connectivity index (χ0) is 24.5. The highest BCUT2D eigenvalue weighted by molar-refractivity contribution is 5.96. The molecule has 35 heavy (non-hydrogen) atoms. The van der Waals surface area contributed by atoms with E-state index in [1.807, 2.05) is 24.0 Å². The number of pyridine rings is 1. The number of piperidine rings is 2. The third kappa shape index (κ3) is 4.82. The number of benzene rings is 1. The van der Waals surface area contributed by atoms with Crippen molar-refractivity contribution in [2.45, 2.75) is 57.8 Å². The lowest BCUT2D eigenvalue weighted by molar-refractivity contribution is 0.0516. The van der Waals surface area contributed by atoms with Gasteiger partial charge in [0.05, 0.1) is 11.3 Å². The number of hydrogen-bond donors (Lipinski definition) is 0. The standard InChI is InChI=1S/C28H33F2N3O2/c1-18-9-10-22(27(34)33-16-11-19-5-2-3-6-21(19)17-33)26(31-18)20-12-14-32(15-13-20)28(35)25-23(29)7-4-8-24(25)30/h4,7-10,19-21H,2-3,5-6,11-17H2,1H3/t19-,21-/m0/s1. The van der Waals surface area contributed by atoms with Gasteiger partial charge < -0.3 is 9.80 Å². The number of rotatable bonds is 3. The van der Waals surface area contributed by atoms with Crippen LogP contribution >= 0.6 is 0 Å². The quantitative estimate of drug-likeness (QED) is 0.595. The lowest BCUT2D eigenvalue weighted by atomic mass is 9.75. The van der Waals surface area contributed by atoms with Crippen molar-refractivity contribution in [3.63, 3.8) is 0 Å². The maximum Gasteiger partial charge on any atom is 0.259 e. The van der Waals surface area contributed by atoms with Gasteiger partial charge in [-0.15, -0.1) is 0 Å². The molecule has 0 spiro atoms. The topological polar surface area (TPSA) is 53.5 Å². The van der Waals surface area contributed by atoms with Crippen LogP contribution in [0.4, 0.5) is 8.78 Å². The molecule has 3 heterocycles. The third-order valence-corrected chi connectivity index (χ3v) is 8.22. The minimum atomic E-state index is -0.841. The summed E-state index contributed by atoms with van der Waals surface area (Å²) in [5, 5.41) is 0. The van der Waals surface area contributed by atoms with Gasteiger partial charge in [-0.2, -0.15) is 0 Å². The van der Waals surface area contributed by atoms with Gasteiger partial charge in [-0.3, -0.25) is 14.6 Å². The summed E-state index contributed by atoms with van der Waals surface area (Å²) in [6.45, 7) is 4.29. The Kier molecular flexibility index (Phi) is 6.85. The number of amides is 2. The molecule has 1 saturated carbocycles. The fourth-order valence-electron chi connectivity index (χ4n) is 6.24. The molecule has 2 atom stereocenters. The first-order valence-corrected chi connectivity index (χ1v) is 12.9. The molecule has 5 nitrogen and oxygen atoms in total. The first kappa shape index (κ1) is 23.9. The van der Waals surface area contributed by atoms with Gasteiger partial charge in [0.25, 0.3) is 11.8 Å². The Hall–Kier alpha value is -2.83. The summed E-state index contributed by atoms with van der Waals surface area (Å²) in [4.78, 5) is 34.7. The van der Waals surface area contributed by atoms with Crippen LogP contribution in [0.5, 0.6) is 0 Å². The van der Waals surface area contributed by atoms with E-state index in [1.54, 1.807) is 0 Å². The second-order valence-electron chi connectivity index (χ2n) is 10.4. The fraction of sp³-hybridized carbons (Fsp3) is 0.536. The smallest absolute Gasteiger partial charge is 0.259 e. The summed E-state index contributed by atoms with van der Waals surface area (Å²) in [7, 11) is 0. The number of hydrogen-bond acceptors (Lipinski definition) is 3. The van der Waals surface area contributed by atoms with Crippen molar-refractivity contribution in [2.24, 2.45) is 11.8 Å². The Morgan fingerprint density at radius 1 is 0.829 bits per heavy atom. The van der Waals surface area contributed by atoms with Gasteiger partial charge in [0.1, 0.15) is 17.2 Å². The number of fused-ring (bicyclic) bond motifs is 1. The highest BCUT2D eigenvalue weighted by atomic mass is 19.1. The maximum absolute atomic E-state index is 14.1. The van der Waals surface area contributed by atoms with Crippen LogP contribution < -0.4 is 0 Å². The van der Waals surface area contributed by atoms with Crippen LogP contribution in [0.1, 0.15) is 83.0 Å². The maximum atomic E-state index is 14.1. The molecule has 0 unspecified atom stereocenters. The normalized spacial score (nSPS) is 23.2. The van der Waals surface area contributed by atoms with Crippen LogP contribution in [-0.4, -0.2) is 52.8 Å². The summed E-state index contributed by atoms with van der Waals surface area (Å²) in [5.41, 5.74) is 1.82. The molecule has 3 aliphatic rings. The zero-order valence-corrected chi connectivity index (χ0v) is 20.3. The number of aromatic nitrogens is 1. The van der Waals surface area contributed by atoms with Gasteiger partial charge in [0, 0.05) is 37.8 Å². The van der Waals surface area contributed by atoms with Crippen molar-refractivity contribution < 1.29 is 18.4 Å². The first-order valence-electron chi connectivity index (χ1n) is 12.9. The Morgan fingerprint density at radius 3 is 2.20 bits per heavy atom. The Bertz CT molecular complexity index is 1090. The molecule has 7 heteroatoms. The van der Waals surface area contributed by atoms with E-state index in [-0.39, 0.29) is 11.8 Å². The van der Waals surface area contributed by atoms with Gasteiger partial charge in [-0.25, -0.2) is 8.78 Å². The van der Waals surface area contributed by atoms with E-state index < -0.39 is 23.1 Å². The lowest BCUT2D eigenvalue weighted by Gasteiger charge is -2.41. The molecule has 0 N–H and O–H groups in total. The number of likely N-dealkylation sites (tertiary alicyclic amines) is 2. The molecule has 0 bridgehead atoms. The summed E-state index contributed by atoms with van der Waals surface area (Å²) < 4.78 is 28.2. The van der Waals surface area contributed by atoms with Crippen molar-refractivity contribution in [1.29, 1.82) is 0 Å². The first-order chi connectivity index (χ1) is 16.9. The van der Waals surface area contributed by atoms with Gasteiger partial charge in [-0.05, 0) is 68.7 Å². The largest absolute Gasteiger partial charge is 0.338 e. The van der Waals surface area contributed by atoms with Crippen LogP contribution in [0.2, 0.25) is 0 Å². The van der Waals surface area contributed by atoms with Crippen LogP contribution in [0.25, 0.3) is 0 Å². The van der Waals surface area contributed by atoms with Crippen LogP contribution in [0, 0.1) is 30.4 Å². The molecule has 1 aromatic heterocycles. The van der Waals surface area contributed by atoms with Crippen LogP contribution in [0.15, 0.2) is 30.3 Å². The second-order valence-corrected chi connectivity index (χ2v) is 10.4. The molecule has 2 aromatic rings. The molecular weight excluding hydrogens is 448 g/mol. The van der Waals surface area contributed by atoms with Crippen LogP contribution in [0.3, 0.4) is 0 Å². The van der Waals surface area contributed by atoms with E-state index in [2.05, 4.69) is 0 Å². The highest BCUT2D eigenvalue weighted by Crippen LogP contribution is 2.37. The van der Waals surface area contributed by atoms with Crippen molar-refractivity contribution in [3.8, 4) is 0 Å². The minimum absolute atomic E-state index is 0.0237. The van der Waals surface area contributed by atoms with E-state index in [4.69, 9.17) is 4.98 Å². The van der Waals surface area contributed by atoms with E-state index in [0.717, 1.165) is 48.9 Å². The average Bonchev–Trinajstić information content (AvgIpc) is 2.88. The highest BCUT2D eigenvalue weighted by Gasteiger charge is 2.35. The number of carbonyl (C=O) groups excluding carboxylic acids is 2. The van der Waals surface area contributed by atoms with Gasteiger partial charge in [0.2, 0.25) is 0 Å². The molecule has 0 radical (unpaired) electrons. The number of nitrogens with zero attached hydrogens (tertiary/aromatic N) is 3. The summed E-state index contributed by atoms with van der Waals surface area (Å²) >= 11 is 0. The summed E-state index contributed by atoms with van der Waals surface area (Å²) in [6.07, 6.45) is 7.35. The summed E-state index contributed by atoms with van der Waals surface area (Å²) in [6, 6.07) is 7.26. The van der Waals surface area contributed by atoms with Gasteiger partial charge in [-0.1, -0.05) is 25.3 Å². The summed E-state index contributed by atoms with van der Waals surface area (Å²) in [5.74, 6) is -0.859. The average molecular weight is 482 g/mol. The molecule has 3 fully saturated rings. The van der Waals surface area contributed by atoms with Crippen molar-refractivity contribution >= 4 is 11.8 Å². The molecule has 2 aliphatic heterocycles. The molecule has 5 rings (SSSR count). The number of aryl methyl sites for hydroxylation is 1. The molecule has 1 aromatic carbocycles. The fourth-order valence-corrected chi connectivity index (χ4v) is 6.24. The molecule has 186 valence electrons. The van der Waals surface area contributed by atoms with Crippen molar-refractivity contribution in [3.05, 3.63) is 64.5 Å². The van der Waals surface area contributed by atoms with E-state index in [1.165, 1.54) is 36.6 Å². The minimum Gasteiger partial charge on any atom is -0.338 e. The Balaban J connectivity index is 1.30. The number of carbonyl (C=O) groups is 2. The lowest BCUT2D eigenvalue weighted by Crippen LogP contribution is -2.45. The van der Waals surface area contributed by atoms with E-state index in [0.29, 0.717) is 37.4 Å². The third-order valence-electron chi connectivity index (χ3n) is 8.22. The van der Waals surface area contributed by atoms with E-state index in [9.17, 15) is 18.4 Å². The van der Waals surface area contributed by atoms with Crippen molar-refractivity contribution in [1.82, 2.24) is 14.8 Å². The predicted molar refractivity (Wildman–Crippen MR) is 129 cm³/mol.